The normalized spacial score (nSPS) is 12.7. The molecule has 1 rings (SSSR count). The number of para-hydroxylation sites is 1. The fourth-order valence-electron chi connectivity index (χ4n) is 1.51. The molecule has 0 bridgehead atoms. The van der Waals surface area contributed by atoms with Crippen LogP contribution in [-0.2, 0) is 14.6 Å². The highest BCUT2D eigenvalue weighted by Gasteiger charge is 2.19. The SMILES string of the molecule is C=CCC(N)C(=O)Nc1ccccc1S(=O)(=O)CC. The van der Waals surface area contributed by atoms with Gasteiger partial charge < -0.3 is 11.1 Å². The second-order valence-corrected chi connectivity index (χ2v) is 6.27. The lowest BCUT2D eigenvalue weighted by atomic mass is 10.2. The Kier molecular flexibility index (Phi) is 5.26. The van der Waals surface area contributed by atoms with Crippen molar-refractivity contribution in [1.29, 1.82) is 0 Å². The highest BCUT2D eigenvalue weighted by Crippen LogP contribution is 2.22. The Morgan fingerprint density at radius 3 is 2.68 bits per heavy atom. The van der Waals surface area contributed by atoms with E-state index in [1.807, 2.05) is 0 Å². The van der Waals surface area contributed by atoms with Crippen molar-refractivity contribution >= 4 is 21.4 Å². The summed E-state index contributed by atoms with van der Waals surface area (Å²) < 4.78 is 23.8. The Morgan fingerprint density at radius 2 is 2.11 bits per heavy atom. The summed E-state index contributed by atoms with van der Waals surface area (Å²) in [7, 11) is -3.39. The lowest BCUT2D eigenvalue weighted by molar-refractivity contribution is -0.117. The maximum absolute atomic E-state index is 11.9. The monoisotopic (exact) mass is 282 g/mol. The summed E-state index contributed by atoms with van der Waals surface area (Å²) >= 11 is 0. The van der Waals surface area contributed by atoms with Gasteiger partial charge in [-0.05, 0) is 18.6 Å². The molecule has 0 fully saturated rings. The standard InChI is InChI=1S/C13H18N2O3S/c1-3-7-10(14)13(16)15-11-8-5-6-9-12(11)19(17,18)4-2/h3,5-6,8-10H,1,4,7,14H2,2H3,(H,15,16). The maximum atomic E-state index is 11.9. The predicted octanol–water partition coefficient (Wildman–Crippen LogP) is 1.32. The van der Waals surface area contributed by atoms with Gasteiger partial charge in [-0.25, -0.2) is 8.42 Å². The Balaban J connectivity index is 3.03. The van der Waals surface area contributed by atoms with E-state index >= 15 is 0 Å². The van der Waals surface area contributed by atoms with Crippen LogP contribution in [-0.4, -0.2) is 26.1 Å². The maximum Gasteiger partial charge on any atom is 0.241 e. The first-order chi connectivity index (χ1) is 8.92. The Bertz CT molecular complexity index is 567. The van der Waals surface area contributed by atoms with E-state index in [0.717, 1.165) is 0 Å². The zero-order valence-electron chi connectivity index (χ0n) is 10.8. The molecular formula is C13H18N2O3S. The summed E-state index contributed by atoms with van der Waals surface area (Å²) in [6, 6.07) is 5.54. The molecule has 6 heteroatoms. The fraction of sp³-hybridized carbons (Fsp3) is 0.308. The number of carbonyl (C=O) groups is 1. The lowest BCUT2D eigenvalue weighted by Gasteiger charge is -2.13. The third-order valence-electron chi connectivity index (χ3n) is 2.62. The van der Waals surface area contributed by atoms with Crippen LogP contribution in [0.4, 0.5) is 5.69 Å². The van der Waals surface area contributed by atoms with Crippen molar-refractivity contribution in [1.82, 2.24) is 0 Å². The van der Waals surface area contributed by atoms with Gasteiger partial charge in [0.1, 0.15) is 0 Å². The number of anilines is 1. The van der Waals surface area contributed by atoms with Crippen molar-refractivity contribution < 1.29 is 13.2 Å². The van der Waals surface area contributed by atoms with Gasteiger partial charge in [0.2, 0.25) is 5.91 Å². The minimum Gasteiger partial charge on any atom is -0.324 e. The van der Waals surface area contributed by atoms with Crippen molar-refractivity contribution in [2.24, 2.45) is 5.73 Å². The largest absolute Gasteiger partial charge is 0.324 e. The molecular weight excluding hydrogens is 264 g/mol. The first kappa shape index (κ1) is 15.4. The molecule has 1 aromatic rings. The van der Waals surface area contributed by atoms with E-state index in [1.54, 1.807) is 31.2 Å². The van der Waals surface area contributed by atoms with Gasteiger partial charge in [-0.1, -0.05) is 25.1 Å². The number of sulfone groups is 1. The third-order valence-corrected chi connectivity index (χ3v) is 4.40. The van der Waals surface area contributed by atoms with Gasteiger partial charge >= 0.3 is 0 Å². The van der Waals surface area contributed by atoms with E-state index < -0.39 is 21.8 Å². The number of rotatable bonds is 6. The fourth-order valence-corrected chi connectivity index (χ4v) is 2.56. The van der Waals surface area contributed by atoms with Gasteiger partial charge in [-0.15, -0.1) is 6.58 Å². The van der Waals surface area contributed by atoms with Crippen LogP contribution < -0.4 is 11.1 Å². The van der Waals surface area contributed by atoms with Crippen molar-refractivity contribution in [3.63, 3.8) is 0 Å². The van der Waals surface area contributed by atoms with Crippen molar-refractivity contribution in [2.45, 2.75) is 24.3 Å². The van der Waals surface area contributed by atoms with Gasteiger partial charge in [-0.3, -0.25) is 4.79 Å². The highest BCUT2D eigenvalue weighted by atomic mass is 32.2. The highest BCUT2D eigenvalue weighted by molar-refractivity contribution is 7.91. The first-order valence-corrected chi connectivity index (χ1v) is 7.56. The summed E-state index contributed by atoms with van der Waals surface area (Å²) in [4.78, 5) is 11.9. The number of hydrogen-bond donors (Lipinski definition) is 2. The molecule has 0 heterocycles. The molecule has 0 spiro atoms. The van der Waals surface area contributed by atoms with E-state index in [9.17, 15) is 13.2 Å². The van der Waals surface area contributed by atoms with Crippen molar-refractivity contribution in [3.8, 4) is 0 Å². The van der Waals surface area contributed by atoms with E-state index in [0.29, 0.717) is 6.42 Å². The lowest BCUT2D eigenvalue weighted by Crippen LogP contribution is -2.35. The molecule has 1 aromatic carbocycles. The van der Waals surface area contributed by atoms with Crippen LogP contribution >= 0.6 is 0 Å². The minimum absolute atomic E-state index is 0.0292. The predicted molar refractivity (Wildman–Crippen MR) is 75.6 cm³/mol. The third kappa shape index (κ3) is 3.90. The van der Waals surface area contributed by atoms with E-state index in [-0.39, 0.29) is 16.3 Å². The number of benzene rings is 1. The molecule has 0 saturated heterocycles. The topological polar surface area (TPSA) is 89.3 Å². The summed E-state index contributed by atoms with van der Waals surface area (Å²) in [6.45, 7) is 5.06. The smallest absolute Gasteiger partial charge is 0.241 e. The number of hydrogen-bond acceptors (Lipinski definition) is 4. The second-order valence-electron chi connectivity index (χ2n) is 4.02. The molecule has 0 aliphatic heterocycles. The van der Waals surface area contributed by atoms with Crippen LogP contribution in [0.25, 0.3) is 0 Å². The first-order valence-electron chi connectivity index (χ1n) is 5.91. The molecule has 0 aliphatic rings. The second kappa shape index (κ2) is 6.49. The van der Waals surface area contributed by atoms with E-state index in [4.69, 9.17) is 5.73 Å². The van der Waals surface area contributed by atoms with Crippen LogP contribution in [0.3, 0.4) is 0 Å². The molecule has 0 aromatic heterocycles. The van der Waals surface area contributed by atoms with Crippen LogP contribution in [0.5, 0.6) is 0 Å². The molecule has 3 N–H and O–H groups in total. The van der Waals surface area contributed by atoms with Crippen LogP contribution in [0.15, 0.2) is 41.8 Å². The average molecular weight is 282 g/mol. The van der Waals surface area contributed by atoms with Gasteiger partial charge in [-0.2, -0.15) is 0 Å². The molecule has 0 saturated carbocycles. The number of amides is 1. The summed E-state index contributed by atoms with van der Waals surface area (Å²) in [5.41, 5.74) is 5.89. The van der Waals surface area contributed by atoms with Gasteiger partial charge in [0.05, 0.1) is 22.4 Å². The zero-order chi connectivity index (χ0) is 14.5. The molecule has 1 atom stereocenters. The van der Waals surface area contributed by atoms with Crippen LogP contribution in [0.1, 0.15) is 13.3 Å². The Hall–Kier alpha value is -1.66. The molecule has 104 valence electrons. The van der Waals surface area contributed by atoms with Gasteiger partial charge in [0, 0.05) is 0 Å². The minimum atomic E-state index is -3.39. The number of nitrogens with two attached hydrogens (primary N) is 1. The molecule has 1 unspecified atom stereocenters. The molecule has 5 nitrogen and oxygen atoms in total. The number of carbonyl (C=O) groups excluding carboxylic acids is 1. The van der Waals surface area contributed by atoms with E-state index in [2.05, 4.69) is 11.9 Å². The Morgan fingerprint density at radius 1 is 1.47 bits per heavy atom. The van der Waals surface area contributed by atoms with E-state index in [1.165, 1.54) is 6.07 Å². The van der Waals surface area contributed by atoms with Crippen LogP contribution in [0.2, 0.25) is 0 Å². The summed E-state index contributed by atoms with van der Waals surface area (Å²) in [6.07, 6.45) is 1.87. The van der Waals surface area contributed by atoms with Crippen LogP contribution in [0, 0.1) is 0 Å². The van der Waals surface area contributed by atoms with Gasteiger partial charge in [0.25, 0.3) is 0 Å². The quantitative estimate of drug-likeness (QED) is 0.770. The molecule has 0 radical (unpaired) electrons. The molecule has 1 amide bonds. The Labute approximate surface area is 113 Å². The molecule has 19 heavy (non-hydrogen) atoms. The van der Waals surface area contributed by atoms with Gasteiger partial charge in [0.15, 0.2) is 9.84 Å². The molecule has 0 aliphatic carbocycles. The zero-order valence-corrected chi connectivity index (χ0v) is 11.6. The average Bonchev–Trinajstić information content (AvgIpc) is 2.39. The number of nitrogens with one attached hydrogen (secondary N) is 1. The summed E-state index contributed by atoms with van der Waals surface area (Å²) in [5.74, 6) is -0.461. The summed E-state index contributed by atoms with van der Waals surface area (Å²) in [5, 5.41) is 2.54. The van der Waals surface area contributed by atoms with Crippen molar-refractivity contribution in [3.05, 3.63) is 36.9 Å². The van der Waals surface area contributed by atoms with Crippen molar-refractivity contribution in [2.75, 3.05) is 11.1 Å².